The molecule has 0 radical (unpaired) electrons. The molecule has 1 aromatic rings. The Labute approximate surface area is 109 Å². The molecule has 3 nitrogen and oxygen atoms in total. The molecule has 0 aliphatic carbocycles. The Morgan fingerprint density at radius 2 is 1.83 bits per heavy atom. The lowest BCUT2D eigenvalue weighted by Crippen LogP contribution is -2.35. The van der Waals surface area contributed by atoms with Gasteiger partial charge in [-0.25, -0.2) is 0 Å². The number of ether oxygens (including phenoxy) is 1. The lowest BCUT2D eigenvalue weighted by Gasteiger charge is -2.27. The van der Waals surface area contributed by atoms with Crippen LogP contribution in [0.15, 0.2) is 24.3 Å². The largest absolute Gasteiger partial charge is 0.497 e. The summed E-state index contributed by atoms with van der Waals surface area (Å²) in [7, 11) is 1.67. The minimum atomic E-state index is -0.0131. The van der Waals surface area contributed by atoms with Crippen molar-refractivity contribution in [3.8, 4) is 11.8 Å². The van der Waals surface area contributed by atoms with Crippen LogP contribution in [-0.4, -0.2) is 31.1 Å². The van der Waals surface area contributed by atoms with E-state index in [1.165, 1.54) is 18.4 Å². The molecule has 1 heterocycles. The van der Waals surface area contributed by atoms with E-state index < -0.39 is 0 Å². The van der Waals surface area contributed by atoms with Crippen molar-refractivity contribution in [1.29, 1.82) is 5.26 Å². The highest BCUT2D eigenvalue weighted by molar-refractivity contribution is 5.31. The quantitative estimate of drug-likeness (QED) is 0.817. The molecule has 3 heteroatoms. The molecule has 18 heavy (non-hydrogen) atoms. The number of methoxy groups -OCH3 is 1. The van der Waals surface area contributed by atoms with Gasteiger partial charge in [-0.2, -0.15) is 5.26 Å². The van der Waals surface area contributed by atoms with Gasteiger partial charge in [-0.05, 0) is 43.6 Å². The van der Waals surface area contributed by atoms with Gasteiger partial charge in [0.05, 0.1) is 13.2 Å². The van der Waals surface area contributed by atoms with Crippen LogP contribution in [0.2, 0.25) is 0 Å². The molecule has 1 aliphatic rings. The molecule has 2 rings (SSSR count). The van der Waals surface area contributed by atoms with Crippen molar-refractivity contribution >= 4 is 0 Å². The SMILES string of the molecule is COc1ccc(C(C)C(C#N)N2CCCC2)cc1. The summed E-state index contributed by atoms with van der Waals surface area (Å²) in [6, 6.07) is 10.5. The summed E-state index contributed by atoms with van der Waals surface area (Å²) >= 11 is 0. The molecule has 96 valence electrons. The lowest BCUT2D eigenvalue weighted by atomic mass is 9.93. The normalized spacial score (nSPS) is 19.2. The van der Waals surface area contributed by atoms with Gasteiger partial charge in [0.1, 0.15) is 11.8 Å². The fourth-order valence-corrected chi connectivity index (χ4v) is 2.62. The van der Waals surface area contributed by atoms with Crippen molar-refractivity contribution in [3.63, 3.8) is 0 Å². The van der Waals surface area contributed by atoms with E-state index >= 15 is 0 Å². The standard InChI is InChI=1S/C15H20N2O/c1-12(13-5-7-14(18-2)8-6-13)15(11-16)17-9-3-4-10-17/h5-8,12,15H,3-4,9-10H2,1-2H3. The molecule has 0 amide bonds. The van der Waals surface area contributed by atoms with Gasteiger partial charge in [-0.3, -0.25) is 4.90 Å². The second-order valence-electron chi connectivity index (χ2n) is 4.88. The van der Waals surface area contributed by atoms with Crippen LogP contribution in [0.3, 0.4) is 0 Å². The van der Waals surface area contributed by atoms with Crippen LogP contribution in [-0.2, 0) is 0 Å². The molecular formula is C15H20N2O. The van der Waals surface area contributed by atoms with Gasteiger partial charge in [0, 0.05) is 5.92 Å². The number of likely N-dealkylation sites (tertiary alicyclic amines) is 1. The average molecular weight is 244 g/mol. The molecule has 2 atom stereocenters. The van der Waals surface area contributed by atoms with Crippen LogP contribution >= 0.6 is 0 Å². The van der Waals surface area contributed by atoms with E-state index in [2.05, 4.69) is 30.0 Å². The van der Waals surface area contributed by atoms with E-state index in [1.54, 1.807) is 7.11 Å². The smallest absolute Gasteiger partial charge is 0.118 e. The molecule has 0 aromatic heterocycles. The first-order valence-corrected chi connectivity index (χ1v) is 6.54. The fourth-order valence-electron chi connectivity index (χ4n) is 2.62. The van der Waals surface area contributed by atoms with Gasteiger partial charge >= 0.3 is 0 Å². The summed E-state index contributed by atoms with van der Waals surface area (Å²) in [5, 5.41) is 9.40. The highest BCUT2D eigenvalue weighted by atomic mass is 16.5. The van der Waals surface area contributed by atoms with E-state index in [0.717, 1.165) is 18.8 Å². The Kier molecular flexibility index (Phi) is 4.22. The van der Waals surface area contributed by atoms with Crippen molar-refractivity contribution < 1.29 is 4.74 Å². The number of hydrogen-bond acceptors (Lipinski definition) is 3. The highest BCUT2D eigenvalue weighted by Crippen LogP contribution is 2.26. The molecule has 0 N–H and O–H groups in total. The first-order valence-electron chi connectivity index (χ1n) is 6.54. The Bertz CT molecular complexity index is 415. The zero-order chi connectivity index (χ0) is 13.0. The summed E-state index contributed by atoms with van der Waals surface area (Å²) in [4.78, 5) is 2.30. The number of benzene rings is 1. The summed E-state index contributed by atoms with van der Waals surface area (Å²) in [6.45, 7) is 4.24. The lowest BCUT2D eigenvalue weighted by molar-refractivity contribution is 0.263. The molecular weight excluding hydrogens is 224 g/mol. The van der Waals surface area contributed by atoms with E-state index in [0.29, 0.717) is 0 Å². The minimum Gasteiger partial charge on any atom is -0.497 e. The molecule has 2 unspecified atom stereocenters. The first-order chi connectivity index (χ1) is 8.76. The first kappa shape index (κ1) is 12.9. The second kappa shape index (κ2) is 5.88. The molecule has 0 saturated carbocycles. The van der Waals surface area contributed by atoms with Crippen molar-refractivity contribution in [2.75, 3.05) is 20.2 Å². The van der Waals surface area contributed by atoms with Crippen molar-refractivity contribution in [1.82, 2.24) is 4.90 Å². The summed E-state index contributed by atoms with van der Waals surface area (Å²) in [6.07, 6.45) is 2.43. The third-order valence-corrected chi connectivity index (χ3v) is 3.78. The van der Waals surface area contributed by atoms with Gasteiger partial charge < -0.3 is 4.74 Å². The Hall–Kier alpha value is -1.53. The van der Waals surface area contributed by atoms with Gasteiger partial charge in [-0.1, -0.05) is 19.1 Å². The Morgan fingerprint density at radius 3 is 2.33 bits per heavy atom. The highest BCUT2D eigenvalue weighted by Gasteiger charge is 2.27. The van der Waals surface area contributed by atoms with E-state index in [1.807, 2.05) is 12.1 Å². The zero-order valence-electron chi connectivity index (χ0n) is 11.1. The monoisotopic (exact) mass is 244 g/mol. The third-order valence-electron chi connectivity index (χ3n) is 3.78. The van der Waals surface area contributed by atoms with Crippen LogP contribution in [0.4, 0.5) is 0 Å². The zero-order valence-corrected chi connectivity index (χ0v) is 11.1. The molecule has 1 aromatic carbocycles. The Morgan fingerprint density at radius 1 is 1.22 bits per heavy atom. The molecule has 1 aliphatic heterocycles. The number of hydrogen-bond donors (Lipinski definition) is 0. The predicted octanol–water partition coefficient (Wildman–Crippen LogP) is 2.79. The maximum atomic E-state index is 9.40. The maximum absolute atomic E-state index is 9.40. The third kappa shape index (κ3) is 2.65. The maximum Gasteiger partial charge on any atom is 0.118 e. The summed E-state index contributed by atoms with van der Waals surface area (Å²) in [5.41, 5.74) is 1.20. The van der Waals surface area contributed by atoms with Gasteiger partial charge in [0.2, 0.25) is 0 Å². The summed E-state index contributed by atoms with van der Waals surface area (Å²) < 4.78 is 5.16. The van der Waals surface area contributed by atoms with E-state index in [4.69, 9.17) is 4.74 Å². The fraction of sp³-hybridized carbons (Fsp3) is 0.533. The minimum absolute atomic E-state index is 0.0131. The molecule has 1 fully saturated rings. The van der Waals surface area contributed by atoms with Gasteiger partial charge in [0.15, 0.2) is 0 Å². The molecule has 1 saturated heterocycles. The topological polar surface area (TPSA) is 36.3 Å². The predicted molar refractivity (Wildman–Crippen MR) is 71.6 cm³/mol. The van der Waals surface area contributed by atoms with Crippen LogP contribution in [0.5, 0.6) is 5.75 Å². The summed E-state index contributed by atoms with van der Waals surface area (Å²) in [5.74, 6) is 1.10. The Balaban J connectivity index is 2.12. The number of rotatable bonds is 4. The van der Waals surface area contributed by atoms with Crippen LogP contribution in [0.1, 0.15) is 31.2 Å². The van der Waals surface area contributed by atoms with Crippen LogP contribution in [0.25, 0.3) is 0 Å². The van der Waals surface area contributed by atoms with Gasteiger partial charge in [-0.15, -0.1) is 0 Å². The molecule has 0 bridgehead atoms. The van der Waals surface area contributed by atoms with Crippen molar-refractivity contribution in [3.05, 3.63) is 29.8 Å². The van der Waals surface area contributed by atoms with Crippen molar-refractivity contribution in [2.45, 2.75) is 31.7 Å². The molecule has 0 spiro atoms. The van der Waals surface area contributed by atoms with Crippen LogP contribution < -0.4 is 4.74 Å². The van der Waals surface area contributed by atoms with E-state index in [9.17, 15) is 5.26 Å². The van der Waals surface area contributed by atoms with Gasteiger partial charge in [0.25, 0.3) is 0 Å². The van der Waals surface area contributed by atoms with E-state index in [-0.39, 0.29) is 12.0 Å². The van der Waals surface area contributed by atoms with Crippen molar-refractivity contribution in [2.24, 2.45) is 0 Å². The van der Waals surface area contributed by atoms with Crippen LogP contribution in [0, 0.1) is 11.3 Å². The second-order valence-corrected chi connectivity index (χ2v) is 4.88. The average Bonchev–Trinajstić information content (AvgIpc) is 2.93. The number of nitrogens with zero attached hydrogens (tertiary/aromatic N) is 2. The number of nitriles is 1.